The largest absolute Gasteiger partial charge is 0.481 e. The molecule has 1 fully saturated rings. The maximum atomic E-state index is 13.0. The van der Waals surface area contributed by atoms with Gasteiger partial charge in [-0.2, -0.15) is 0 Å². The molecule has 104 valence electrons. The zero-order valence-electron chi connectivity index (χ0n) is 11.0. The second-order valence-electron chi connectivity index (χ2n) is 5.14. The number of aliphatic carboxylic acids is 1. The van der Waals surface area contributed by atoms with Crippen molar-refractivity contribution in [3.63, 3.8) is 0 Å². The summed E-state index contributed by atoms with van der Waals surface area (Å²) in [6.45, 7) is 4.39. The molecule has 0 spiro atoms. The van der Waals surface area contributed by atoms with Crippen LogP contribution in [0.3, 0.4) is 0 Å². The fourth-order valence-electron chi connectivity index (χ4n) is 2.49. The van der Waals surface area contributed by atoms with Gasteiger partial charge in [0, 0.05) is 18.8 Å². The highest BCUT2D eigenvalue weighted by Crippen LogP contribution is 2.22. The fourth-order valence-corrected chi connectivity index (χ4v) is 2.49. The van der Waals surface area contributed by atoms with Crippen LogP contribution in [-0.2, 0) is 4.79 Å². The highest BCUT2D eigenvalue weighted by molar-refractivity contribution is 5.68. The van der Waals surface area contributed by atoms with Gasteiger partial charge in [-0.15, -0.1) is 0 Å². The van der Waals surface area contributed by atoms with Gasteiger partial charge in [0.2, 0.25) is 0 Å². The van der Waals surface area contributed by atoms with E-state index in [0.29, 0.717) is 12.5 Å². The van der Waals surface area contributed by atoms with Crippen LogP contribution in [0.2, 0.25) is 0 Å². The van der Waals surface area contributed by atoms with E-state index in [0.717, 1.165) is 18.8 Å². The Balaban J connectivity index is 2.23. The monoisotopic (exact) mass is 266 g/mol. The molecule has 4 nitrogen and oxygen atoms in total. The van der Waals surface area contributed by atoms with Crippen LogP contribution in [0.1, 0.15) is 13.3 Å². The molecule has 2 N–H and O–H groups in total. The molecule has 0 bridgehead atoms. The van der Waals surface area contributed by atoms with Gasteiger partial charge in [-0.05, 0) is 36.7 Å². The summed E-state index contributed by atoms with van der Waals surface area (Å²) in [4.78, 5) is 13.0. The molecule has 1 aliphatic rings. The van der Waals surface area contributed by atoms with Crippen molar-refractivity contribution in [2.24, 2.45) is 5.92 Å². The predicted molar refractivity (Wildman–Crippen MR) is 71.8 cm³/mol. The van der Waals surface area contributed by atoms with Crippen LogP contribution >= 0.6 is 0 Å². The van der Waals surface area contributed by atoms with E-state index in [-0.39, 0.29) is 18.3 Å². The summed E-state index contributed by atoms with van der Waals surface area (Å²) in [7, 11) is 0. The zero-order chi connectivity index (χ0) is 13.8. The lowest BCUT2D eigenvalue weighted by Gasteiger charge is -2.32. The zero-order valence-corrected chi connectivity index (χ0v) is 11.0. The molecular formula is C14H19FN2O2. The average Bonchev–Trinajstić information content (AvgIpc) is 2.52. The molecule has 1 aliphatic heterocycles. The molecule has 1 aromatic rings. The van der Waals surface area contributed by atoms with Crippen molar-refractivity contribution in [3.8, 4) is 0 Å². The Morgan fingerprint density at radius 1 is 1.42 bits per heavy atom. The average molecular weight is 266 g/mol. The molecule has 2 unspecified atom stereocenters. The van der Waals surface area contributed by atoms with Gasteiger partial charge in [0.1, 0.15) is 5.82 Å². The van der Waals surface area contributed by atoms with E-state index in [1.807, 2.05) is 0 Å². The second-order valence-corrected chi connectivity index (χ2v) is 5.14. The van der Waals surface area contributed by atoms with Gasteiger partial charge in [0.05, 0.1) is 12.5 Å². The third-order valence-electron chi connectivity index (χ3n) is 3.39. The van der Waals surface area contributed by atoms with E-state index >= 15 is 0 Å². The van der Waals surface area contributed by atoms with Crippen LogP contribution in [0.25, 0.3) is 0 Å². The van der Waals surface area contributed by atoms with Crippen LogP contribution in [-0.4, -0.2) is 36.8 Å². The topological polar surface area (TPSA) is 52.6 Å². The van der Waals surface area contributed by atoms with Gasteiger partial charge in [-0.3, -0.25) is 4.79 Å². The number of benzene rings is 1. The van der Waals surface area contributed by atoms with Crippen molar-refractivity contribution in [2.45, 2.75) is 19.4 Å². The molecule has 19 heavy (non-hydrogen) atoms. The molecule has 0 radical (unpaired) electrons. The molecule has 0 amide bonds. The first-order valence-electron chi connectivity index (χ1n) is 6.51. The number of carbonyl (C=O) groups is 1. The van der Waals surface area contributed by atoms with Crippen LogP contribution in [0.4, 0.5) is 10.1 Å². The molecule has 5 heteroatoms. The standard InChI is InChI=1S/C14H19FN2O2/c1-10-7-16-8-13(6-14(18)19)17(9-10)12-4-2-11(15)3-5-12/h2-5,10,13,16H,6-9H2,1H3,(H,18,19). The summed E-state index contributed by atoms with van der Waals surface area (Å²) in [5.74, 6) is -0.670. The van der Waals surface area contributed by atoms with Crippen LogP contribution in [0, 0.1) is 11.7 Å². The number of carboxylic acid groups (broad SMARTS) is 1. The molecule has 1 aromatic carbocycles. The van der Waals surface area contributed by atoms with Gasteiger partial charge in [0.15, 0.2) is 0 Å². The van der Waals surface area contributed by atoms with Crippen molar-refractivity contribution >= 4 is 11.7 Å². The number of rotatable bonds is 3. The first-order valence-corrected chi connectivity index (χ1v) is 6.51. The Morgan fingerprint density at radius 2 is 2.11 bits per heavy atom. The normalized spacial score (nSPS) is 24.0. The first-order chi connectivity index (χ1) is 9.06. The summed E-state index contributed by atoms with van der Waals surface area (Å²) < 4.78 is 13.0. The van der Waals surface area contributed by atoms with E-state index < -0.39 is 5.97 Å². The lowest BCUT2D eigenvalue weighted by molar-refractivity contribution is -0.137. The number of nitrogens with one attached hydrogen (secondary N) is 1. The fraction of sp³-hybridized carbons (Fsp3) is 0.500. The van der Waals surface area contributed by atoms with E-state index in [2.05, 4.69) is 17.1 Å². The summed E-state index contributed by atoms with van der Waals surface area (Å²) in [5.41, 5.74) is 0.878. The number of nitrogens with zero attached hydrogens (tertiary/aromatic N) is 1. The summed E-state index contributed by atoms with van der Waals surface area (Å²) in [6, 6.07) is 6.14. The number of hydrogen-bond donors (Lipinski definition) is 2. The van der Waals surface area contributed by atoms with Crippen LogP contribution in [0.5, 0.6) is 0 Å². The Kier molecular flexibility index (Phi) is 4.37. The highest BCUT2D eigenvalue weighted by Gasteiger charge is 2.26. The molecular weight excluding hydrogens is 247 g/mol. The molecule has 0 saturated carbocycles. The van der Waals surface area contributed by atoms with Crippen molar-refractivity contribution in [1.29, 1.82) is 0 Å². The van der Waals surface area contributed by atoms with Crippen molar-refractivity contribution < 1.29 is 14.3 Å². The molecule has 0 aromatic heterocycles. The Hall–Kier alpha value is -1.62. The third kappa shape index (κ3) is 3.67. The predicted octanol–water partition coefficient (Wildman–Crippen LogP) is 1.71. The molecule has 1 heterocycles. The SMILES string of the molecule is CC1CNCC(CC(=O)O)N(c2ccc(F)cc2)C1. The molecule has 0 aliphatic carbocycles. The van der Waals surface area contributed by atoms with E-state index in [1.165, 1.54) is 12.1 Å². The minimum Gasteiger partial charge on any atom is -0.481 e. The first kappa shape index (κ1) is 13.8. The number of halogens is 1. The van der Waals surface area contributed by atoms with E-state index in [4.69, 9.17) is 5.11 Å². The highest BCUT2D eigenvalue weighted by atomic mass is 19.1. The van der Waals surface area contributed by atoms with Gasteiger partial charge < -0.3 is 15.3 Å². The Bertz CT molecular complexity index is 436. The quantitative estimate of drug-likeness (QED) is 0.874. The summed E-state index contributed by atoms with van der Waals surface area (Å²) in [6.07, 6.45) is 0.0805. The maximum Gasteiger partial charge on any atom is 0.305 e. The van der Waals surface area contributed by atoms with Gasteiger partial charge in [-0.1, -0.05) is 6.92 Å². The number of carboxylic acids is 1. The lowest BCUT2D eigenvalue weighted by Crippen LogP contribution is -2.41. The van der Waals surface area contributed by atoms with Gasteiger partial charge in [0.25, 0.3) is 0 Å². The summed E-state index contributed by atoms with van der Waals surface area (Å²) in [5, 5.41) is 12.3. The van der Waals surface area contributed by atoms with Gasteiger partial charge in [-0.25, -0.2) is 4.39 Å². The number of anilines is 1. The van der Waals surface area contributed by atoms with Crippen LogP contribution in [0.15, 0.2) is 24.3 Å². The Morgan fingerprint density at radius 3 is 2.74 bits per heavy atom. The molecule has 2 atom stereocenters. The van der Waals surface area contributed by atoms with Crippen molar-refractivity contribution in [2.75, 3.05) is 24.5 Å². The third-order valence-corrected chi connectivity index (χ3v) is 3.39. The Labute approximate surface area is 112 Å². The van der Waals surface area contributed by atoms with E-state index in [9.17, 15) is 9.18 Å². The number of hydrogen-bond acceptors (Lipinski definition) is 3. The minimum atomic E-state index is -0.812. The molecule has 1 saturated heterocycles. The summed E-state index contributed by atoms with van der Waals surface area (Å²) >= 11 is 0. The smallest absolute Gasteiger partial charge is 0.305 e. The second kappa shape index (κ2) is 6.02. The van der Waals surface area contributed by atoms with E-state index in [1.54, 1.807) is 12.1 Å². The maximum absolute atomic E-state index is 13.0. The van der Waals surface area contributed by atoms with Crippen molar-refractivity contribution in [1.82, 2.24) is 5.32 Å². The van der Waals surface area contributed by atoms with Gasteiger partial charge >= 0.3 is 5.97 Å². The van der Waals surface area contributed by atoms with Crippen molar-refractivity contribution in [3.05, 3.63) is 30.1 Å². The lowest BCUT2D eigenvalue weighted by atomic mass is 10.1. The minimum absolute atomic E-state index is 0.0805. The molecule has 2 rings (SSSR count). The van der Waals surface area contributed by atoms with Crippen LogP contribution < -0.4 is 10.2 Å².